The van der Waals surface area contributed by atoms with Gasteiger partial charge in [0.1, 0.15) is 11.9 Å². The third-order valence-corrected chi connectivity index (χ3v) is 6.70. The number of nitrogen functional groups attached to an aromatic ring is 1. The van der Waals surface area contributed by atoms with Crippen LogP contribution in [0, 0.1) is 11.3 Å². The van der Waals surface area contributed by atoms with Crippen LogP contribution in [0.3, 0.4) is 0 Å². The maximum Gasteiger partial charge on any atom is 0.227 e. The number of fused-ring (bicyclic) bond motifs is 1. The van der Waals surface area contributed by atoms with Crippen molar-refractivity contribution in [2.24, 2.45) is 0 Å². The van der Waals surface area contributed by atoms with Crippen molar-refractivity contribution in [3.8, 4) is 17.3 Å². The molecule has 5 rings (SSSR count). The number of rotatable bonds is 4. The summed E-state index contributed by atoms with van der Waals surface area (Å²) in [6, 6.07) is 12.1. The minimum atomic E-state index is 0.0292. The number of nitriles is 1. The van der Waals surface area contributed by atoms with Crippen LogP contribution < -0.4 is 10.6 Å². The maximum atomic E-state index is 13.0. The molecule has 0 bridgehead atoms. The van der Waals surface area contributed by atoms with E-state index >= 15 is 0 Å². The van der Waals surface area contributed by atoms with Crippen LogP contribution in [0.15, 0.2) is 42.7 Å². The van der Waals surface area contributed by atoms with Crippen molar-refractivity contribution in [3.05, 3.63) is 65.0 Å². The first-order valence-corrected chi connectivity index (χ1v) is 11.8. The molecule has 2 N–H and O–H groups in total. The number of hydrogen-bond acceptors (Lipinski definition) is 8. The number of anilines is 2. The summed E-state index contributed by atoms with van der Waals surface area (Å²) in [5.74, 6) is 1.14. The highest BCUT2D eigenvalue weighted by Gasteiger charge is 2.22. The van der Waals surface area contributed by atoms with Crippen LogP contribution in [0.4, 0.5) is 11.8 Å². The van der Waals surface area contributed by atoms with Crippen LogP contribution in [0.25, 0.3) is 11.3 Å². The Kier molecular flexibility index (Phi) is 6.29. The summed E-state index contributed by atoms with van der Waals surface area (Å²) < 4.78 is 0. The fraction of sp³-hybridized carbons (Fsp3) is 0.346. The van der Waals surface area contributed by atoms with Gasteiger partial charge in [-0.25, -0.2) is 4.98 Å². The van der Waals surface area contributed by atoms with Gasteiger partial charge >= 0.3 is 0 Å². The van der Waals surface area contributed by atoms with Crippen LogP contribution >= 0.6 is 0 Å². The van der Waals surface area contributed by atoms with Crippen molar-refractivity contribution in [2.45, 2.75) is 19.4 Å². The number of likely N-dealkylation sites (N-methyl/N-ethyl adjacent to an activating group) is 1. The SMILES string of the molecule is CN1CCN(c2cc(-c3ccc4c(c3)CN(C(=O)Cc3cncc(C#N)c3)CC4)nc(N)n2)CC1. The Bertz CT molecular complexity index is 1290. The Morgan fingerprint density at radius 2 is 1.89 bits per heavy atom. The fourth-order valence-corrected chi connectivity index (χ4v) is 4.66. The quantitative estimate of drug-likeness (QED) is 0.617. The molecular formula is C26H28N8O. The lowest BCUT2D eigenvalue weighted by Crippen LogP contribution is -2.44. The van der Waals surface area contributed by atoms with Gasteiger partial charge in [-0.1, -0.05) is 12.1 Å². The summed E-state index contributed by atoms with van der Waals surface area (Å²) in [5, 5.41) is 9.09. The first-order valence-electron chi connectivity index (χ1n) is 11.8. The second-order valence-corrected chi connectivity index (χ2v) is 9.18. The van der Waals surface area contributed by atoms with Crippen molar-refractivity contribution in [1.82, 2.24) is 24.8 Å². The second-order valence-electron chi connectivity index (χ2n) is 9.18. The van der Waals surface area contributed by atoms with E-state index in [0.29, 0.717) is 18.7 Å². The van der Waals surface area contributed by atoms with E-state index in [1.54, 1.807) is 12.3 Å². The molecule has 9 heteroatoms. The molecule has 2 aromatic heterocycles. The molecule has 178 valence electrons. The van der Waals surface area contributed by atoms with E-state index in [1.165, 1.54) is 11.8 Å². The molecule has 2 aliphatic heterocycles. The molecular weight excluding hydrogens is 440 g/mol. The van der Waals surface area contributed by atoms with Gasteiger partial charge in [0, 0.05) is 63.3 Å². The van der Waals surface area contributed by atoms with Crippen LogP contribution in [0.5, 0.6) is 0 Å². The number of pyridine rings is 1. The molecule has 9 nitrogen and oxygen atoms in total. The number of piperazine rings is 1. The van der Waals surface area contributed by atoms with E-state index in [9.17, 15) is 4.79 Å². The predicted molar refractivity (Wildman–Crippen MR) is 133 cm³/mol. The number of hydrogen-bond donors (Lipinski definition) is 1. The molecule has 0 radical (unpaired) electrons. The summed E-state index contributed by atoms with van der Waals surface area (Å²) >= 11 is 0. The molecule has 1 fully saturated rings. The number of carbonyl (C=O) groups is 1. The van der Waals surface area contributed by atoms with Crippen LogP contribution in [0.1, 0.15) is 22.3 Å². The van der Waals surface area contributed by atoms with Gasteiger partial charge in [0.05, 0.1) is 17.7 Å². The van der Waals surface area contributed by atoms with Crippen molar-refractivity contribution < 1.29 is 4.79 Å². The number of benzene rings is 1. The molecule has 1 aromatic carbocycles. The van der Waals surface area contributed by atoms with Crippen molar-refractivity contribution in [1.29, 1.82) is 5.26 Å². The second kappa shape index (κ2) is 9.68. The van der Waals surface area contributed by atoms with E-state index in [4.69, 9.17) is 11.0 Å². The van der Waals surface area contributed by atoms with Crippen molar-refractivity contribution in [2.75, 3.05) is 50.4 Å². The summed E-state index contributed by atoms with van der Waals surface area (Å²) in [5.41, 5.74) is 11.4. The van der Waals surface area contributed by atoms with Gasteiger partial charge in [-0.2, -0.15) is 10.2 Å². The number of amides is 1. The van der Waals surface area contributed by atoms with Gasteiger partial charge in [-0.15, -0.1) is 0 Å². The minimum Gasteiger partial charge on any atom is -0.368 e. The van der Waals surface area contributed by atoms with E-state index in [1.807, 2.05) is 11.0 Å². The molecule has 1 amide bonds. The van der Waals surface area contributed by atoms with E-state index in [0.717, 1.165) is 60.8 Å². The Balaban J connectivity index is 1.34. The average Bonchev–Trinajstić information content (AvgIpc) is 2.88. The third-order valence-electron chi connectivity index (χ3n) is 6.70. The lowest BCUT2D eigenvalue weighted by molar-refractivity contribution is -0.131. The largest absolute Gasteiger partial charge is 0.368 e. The summed E-state index contributed by atoms with van der Waals surface area (Å²) in [7, 11) is 2.12. The zero-order valence-corrected chi connectivity index (χ0v) is 19.8. The number of carbonyl (C=O) groups excluding carboxylic acids is 1. The van der Waals surface area contributed by atoms with Gasteiger partial charge in [0.2, 0.25) is 11.9 Å². The van der Waals surface area contributed by atoms with Gasteiger partial charge in [0.15, 0.2) is 0 Å². The molecule has 0 saturated carbocycles. The Hall–Kier alpha value is -4.03. The highest BCUT2D eigenvalue weighted by Crippen LogP contribution is 2.28. The summed E-state index contributed by atoms with van der Waals surface area (Å²) in [6.45, 7) is 4.99. The Labute approximate surface area is 204 Å². The highest BCUT2D eigenvalue weighted by molar-refractivity contribution is 5.79. The monoisotopic (exact) mass is 468 g/mol. The Morgan fingerprint density at radius 1 is 1.06 bits per heavy atom. The lowest BCUT2D eigenvalue weighted by Gasteiger charge is -2.33. The normalized spacial score (nSPS) is 16.0. The average molecular weight is 469 g/mol. The summed E-state index contributed by atoms with van der Waals surface area (Å²) in [4.78, 5) is 32.5. The zero-order valence-electron chi connectivity index (χ0n) is 19.8. The predicted octanol–water partition coefficient (Wildman–Crippen LogP) is 1.87. The summed E-state index contributed by atoms with van der Waals surface area (Å²) in [6.07, 6.45) is 4.18. The molecule has 0 spiro atoms. The number of nitrogens with two attached hydrogens (primary N) is 1. The van der Waals surface area contributed by atoms with E-state index in [2.05, 4.69) is 56.1 Å². The van der Waals surface area contributed by atoms with Gasteiger partial charge < -0.3 is 20.4 Å². The number of aromatic nitrogens is 3. The molecule has 0 aliphatic carbocycles. The van der Waals surface area contributed by atoms with Crippen LogP contribution in [0.2, 0.25) is 0 Å². The molecule has 1 saturated heterocycles. The molecule has 35 heavy (non-hydrogen) atoms. The minimum absolute atomic E-state index is 0.0292. The van der Waals surface area contributed by atoms with Crippen molar-refractivity contribution in [3.63, 3.8) is 0 Å². The maximum absolute atomic E-state index is 13.0. The first kappa shape index (κ1) is 22.7. The van der Waals surface area contributed by atoms with Crippen LogP contribution in [-0.2, 0) is 24.2 Å². The lowest BCUT2D eigenvalue weighted by atomic mass is 9.96. The standard InChI is InChI=1S/C26H28N8O/c1-32-6-8-33(9-7-32)24-13-23(30-26(28)31-24)21-3-2-20-4-5-34(17-22(20)12-21)25(35)11-18-10-19(14-27)16-29-15-18/h2-3,10,12-13,15-16H,4-9,11,17H2,1H3,(H2,28,30,31). The smallest absolute Gasteiger partial charge is 0.227 e. The Morgan fingerprint density at radius 3 is 2.69 bits per heavy atom. The molecule has 0 atom stereocenters. The first-order chi connectivity index (χ1) is 17.0. The van der Waals surface area contributed by atoms with E-state index in [-0.39, 0.29) is 18.3 Å². The number of nitrogens with zero attached hydrogens (tertiary/aromatic N) is 7. The third kappa shape index (κ3) is 5.08. The van der Waals surface area contributed by atoms with E-state index < -0.39 is 0 Å². The topological polar surface area (TPSA) is 115 Å². The molecule has 0 unspecified atom stereocenters. The van der Waals surface area contributed by atoms with Crippen molar-refractivity contribution >= 4 is 17.7 Å². The molecule has 2 aliphatic rings. The van der Waals surface area contributed by atoms with Gasteiger partial charge in [-0.3, -0.25) is 9.78 Å². The van der Waals surface area contributed by atoms with Crippen LogP contribution in [-0.4, -0.2) is 70.4 Å². The molecule has 4 heterocycles. The zero-order chi connectivity index (χ0) is 24.4. The molecule has 3 aromatic rings. The fourth-order valence-electron chi connectivity index (χ4n) is 4.66. The van der Waals surface area contributed by atoms with Gasteiger partial charge in [0.25, 0.3) is 0 Å². The highest BCUT2D eigenvalue weighted by atomic mass is 16.2. The van der Waals surface area contributed by atoms with Gasteiger partial charge in [-0.05, 0) is 42.3 Å².